The number of nitrogen functional groups attached to an aromatic ring is 1. The zero-order valence-electron chi connectivity index (χ0n) is 19.4. The summed E-state index contributed by atoms with van der Waals surface area (Å²) in [5, 5.41) is 3.64. The molecule has 10 nitrogen and oxygen atoms in total. The Bertz CT molecular complexity index is 1410. The molecular weight excluding hydrogens is 480 g/mol. The molecule has 0 bridgehead atoms. The van der Waals surface area contributed by atoms with Gasteiger partial charge in [0.2, 0.25) is 5.91 Å². The Morgan fingerprint density at radius 3 is 2.58 bits per heavy atom. The van der Waals surface area contributed by atoms with E-state index in [4.69, 9.17) is 16.2 Å². The first-order valence-corrected chi connectivity index (χ1v) is 11.7. The van der Waals surface area contributed by atoms with Gasteiger partial charge in [-0.25, -0.2) is 0 Å². The molecule has 4 rings (SSSR count). The van der Waals surface area contributed by atoms with E-state index in [9.17, 15) is 14.4 Å². The summed E-state index contributed by atoms with van der Waals surface area (Å²) < 4.78 is 9.03. The third-order valence-electron chi connectivity index (χ3n) is 5.46. The van der Waals surface area contributed by atoms with Crippen LogP contribution in [0.3, 0.4) is 0 Å². The minimum Gasteiger partial charge on any atom is -0.395 e. The van der Waals surface area contributed by atoms with Crippen LogP contribution < -0.4 is 21.7 Å². The Morgan fingerprint density at radius 1 is 1.11 bits per heavy atom. The molecule has 0 saturated carbocycles. The summed E-state index contributed by atoms with van der Waals surface area (Å²) in [6.45, 7) is 0.537. The average molecular weight is 505 g/mol. The van der Waals surface area contributed by atoms with E-state index in [-0.39, 0.29) is 22.8 Å². The van der Waals surface area contributed by atoms with Gasteiger partial charge >= 0.3 is 0 Å². The van der Waals surface area contributed by atoms with E-state index in [0.29, 0.717) is 17.9 Å². The number of methoxy groups -OCH3 is 1. The van der Waals surface area contributed by atoms with Gasteiger partial charge < -0.3 is 21.5 Å². The van der Waals surface area contributed by atoms with Crippen molar-refractivity contribution in [2.75, 3.05) is 30.9 Å². The molecule has 2 aromatic heterocycles. The Hall–Kier alpha value is -4.35. The third kappa shape index (κ3) is 5.02. The van der Waals surface area contributed by atoms with Gasteiger partial charge in [0.1, 0.15) is 10.9 Å². The molecule has 0 unspecified atom stereocenters. The molecule has 0 radical (unpaired) electrons. The lowest BCUT2D eigenvalue weighted by molar-refractivity contribution is -0.122. The highest BCUT2D eigenvalue weighted by molar-refractivity contribution is 7.09. The molecule has 2 aromatic carbocycles. The van der Waals surface area contributed by atoms with Crippen molar-refractivity contribution in [2.24, 2.45) is 5.73 Å². The number of nitrogens with two attached hydrogens (primary N) is 2. The summed E-state index contributed by atoms with van der Waals surface area (Å²) in [5.74, 6) is -1.86. The number of nitrogens with zero attached hydrogens (tertiary/aromatic N) is 3. The lowest BCUT2D eigenvalue weighted by Crippen LogP contribution is -2.44. The number of carbonyl (C=O) groups is 3. The molecule has 0 spiro atoms. The molecule has 2 heterocycles. The summed E-state index contributed by atoms with van der Waals surface area (Å²) in [6, 6.07) is 16.7. The van der Waals surface area contributed by atoms with Gasteiger partial charge in [0, 0.05) is 30.9 Å². The number of ether oxygens (including phenoxy) is 1. The second-order valence-electron chi connectivity index (χ2n) is 7.79. The number of rotatable bonds is 9. The maximum absolute atomic E-state index is 14.0. The summed E-state index contributed by atoms with van der Waals surface area (Å²) >= 11 is 0.755. The predicted octanol–water partition coefficient (Wildman–Crippen LogP) is 2.52. The van der Waals surface area contributed by atoms with E-state index >= 15 is 0 Å². The third-order valence-corrected chi connectivity index (χ3v) is 6.31. The monoisotopic (exact) mass is 504 g/mol. The standard InChI is InChI=1S/C25H24N6O4S/c1-35-13-12-29-24(33)21(16-9-10-18-15(14-16)6-5-11-28-18)31(17-7-3-2-4-8-17)25(34)22-19(26)20(23(27)32)30-36-22/h2-11,14,21H,12-13,26H2,1H3,(H2,27,32)(H,29,33)/t21-/m0/s1. The predicted molar refractivity (Wildman–Crippen MR) is 138 cm³/mol. The Labute approximate surface area is 211 Å². The van der Waals surface area contributed by atoms with Crippen LogP contribution in [-0.2, 0) is 9.53 Å². The van der Waals surface area contributed by atoms with Crippen LogP contribution in [0.5, 0.6) is 0 Å². The van der Waals surface area contributed by atoms with Gasteiger partial charge in [-0.05, 0) is 47.4 Å². The maximum Gasteiger partial charge on any atom is 0.273 e. The summed E-state index contributed by atoms with van der Waals surface area (Å²) in [6.07, 6.45) is 1.68. The van der Waals surface area contributed by atoms with Crippen LogP contribution in [0.15, 0.2) is 66.9 Å². The van der Waals surface area contributed by atoms with E-state index in [1.807, 2.05) is 12.1 Å². The number of carbonyl (C=O) groups excluding carboxylic acids is 3. The first-order chi connectivity index (χ1) is 17.4. The van der Waals surface area contributed by atoms with Crippen molar-refractivity contribution in [3.63, 3.8) is 0 Å². The fraction of sp³-hybridized carbons (Fsp3) is 0.160. The van der Waals surface area contributed by atoms with Gasteiger partial charge in [0.05, 0.1) is 17.8 Å². The number of anilines is 2. The van der Waals surface area contributed by atoms with E-state index in [1.54, 1.807) is 54.7 Å². The molecule has 4 aromatic rings. The van der Waals surface area contributed by atoms with Crippen molar-refractivity contribution >= 4 is 51.5 Å². The second-order valence-corrected chi connectivity index (χ2v) is 8.56. The minimum atomic E-state index is -1.08. The molecule has 0 aliphatic heterocycles. The smallest absolute Gasteiger partial charge is 0.273 e. The number of hydrogen-bond donors (Lipinski definition) is 3. The van der Waals surface area contributed by atoms with Crippen LogP contribution in [0.1, 0.15) is 31.8 Å². The molecule has 3 amide bonds. The number of nitrogens with one attached hydrogen (secondary N) is 1. The lowest BCUT2D eigenvalue weighted by atomic mass is 10.0. The van der Waals surface area contributed by atoms with Gasteiger partial charge in [-0.2, -0.15) is 4.37 Å². The van der Waals surface area contributed by atoms with Crippen molar-refractivity contribution in [1.29, 1.82) is 0 Å². The fourth-order valence-electron chi connectivity index (χ4n) is 3.77. The van der Waals surface area contributed by atoms with E-state index in [2.05, 4.69) is 14.7 Å². The number of primary amides is 1. The van der Waals surface area contributed by atoms with Gasteiger partial charge in [-0.3, -0.25) is 24.3 Å². The summed E-state index contributed by atoms with van der Waals surface area (Å²) in [4.78, 5) is 45.0. The number of para-hydroxylation sites is 1. The molecule has 0 saturated heterocycles. The van der Waals surface area contributed by atoms with Crippen molar-refractivity contribution in [2.45, 2.75) is 6.04 Å². The van der Waals surface area contributed by atoms with Crippen molar-refractivity contribution < 1.29 is 19.1 Å². The van der Waals surface area contributed by atoms with Crippen LogP contribution in [0.2, 0.25) is 0 Å². The molecule has 0 aliphatic rings. The van der Waals surface area contributed by atoms with Crippen LogP contribution >= 0.6 is 11.5 Å². The lowest BCUT2D eigenvalue weighted by Gasteiger charge is -2.31. The molecule has 184 valence electrons. The normalized spacial score (nSPS) is 11.7. The topological polar surface area (TPSA) is 154 Å². The first kappa shape index (κ1) is 24.8. The Balaban J connectivity index is 1.87. The number of fused-ring (bicyclic) bond motifs is 1. The van der Waals surface area contributed by atoms with Crippen molar-refractivity contribution in [3.05, 3.63) is 83.0 Å². The first-order valence-electron chi connectivity index (χ1n) is 11.0. The van der Waals surface area contributed by atoms with Crippen molar-refractivity contribution in [3.8, 4) is 0 Å². The largest absolute Gasteiger partial charge is 0.395 e. The highest BCUT2D eigenvalue weighted by atomic mass is 32.1. The molecule has 1 atom stereocenters. The highest BCUT2D eigenvalue weighted by Crippen LogP contribution is 2.33. The molecule has 36 heavy (non-hydrogen) atoms. The van der Waals surface area contributed by atoms with Crippen LogP contribution in [-0.4, -0.2) is 47.3 Å². The molecule has 11 heteroatoms. The number of aromatic nitrogens is 2. The Morgan fingerprint density at radius 2 is 1.89 bits per heavy atom. The molecular formula is C25H24N6O4S. The number of benzene rings is 2. The molecule has 0 aliphatic carbocycles. The van der Waals surface area contributed by atoms with Crippen LogP contribution in [0, 0.1) is 0 Å². The average Bonchev–Trinajstić information content (AvgIpc) is 3.28. The van der Waals surface area contributed by atoms with Gasteiger partial charge in [-0.1, -0.05) is 30.3 Å². The van der Waals surface area contributed by atoms with Gasteiger partial charge in [0.15, 0.2) is 5.69 Å². The van der Waals surface area contributed by atoms with E-state index < -0.39 is 23.8 Å². The summed E-state index contributed by atoms with van der Waals surface area (Å²) in [7, 11) is 1.53. The van der Waals surface area contributed by atoms with E-state index in [0.717, 1.165) is 22.4 Å². The molecule has 0 fully saturated rings. The number of amides is 3. The second kappa shape index (κ2) is 10.9. The quantitative estimate of drug-likeness (QED) is 0.296. The number of pyridine rings is 1. The van der Waals surface area contributed by atoms with Gasteiger partial charge in [0.25, 0.3) is 11.8 Å². The van der Waals surface area contributed by atoms with Crippen molar-refractivity contribution in [1.82, 2.24) is 14.7 Å². The van der Waals surface area contributed by atoms with Gasteiger partial charge in [-0.15, -0.1) is 0 Å². The van der Waals surface area contributed by atoms with E-state index in [1.165, 1.54) is 12.0 Å². The molecule has 5 N–H and O–H groups in total. The zero-order valence-corrected chi connectivity index (χ0v) is 20.2. The summed E-state index contributed by atoms with van der Waals surface area (Å²) in [5.41, 5.74) is 12.9. The highest BCUT2D eigenvalue weighted by Gasteiger charge is 2.36. The van der Waals surface area contributed by atoms with Crippen LogP contribution in [0.25, 0.3) is 10.9 Å². The Kier molecular flexibility index (Phi) is 7.52. The zero-order chi connectivity index (χ0) is 25.7. The SMILES string of the molecule is COCCNC(=O)[C@H](c1ccc2ncccc2c1)N(C(=O)c1snc(C(N)=O)c1N)c1ccccc1. The minimum absolute atomic E-state index is 0.00444. The van der Waals surface area contributed by atoms with Crippen LogP contribution in [0.4, 0.5) is 11.4 Å². The fourth-order valence-corrected chi connectivity index (χ4v) is 4.51. The number of hydrogen-bond acceptors (Lipinski definition) is 8. The maximum atomic E-state index is 14.0.